The Balaban J connectivity index is 3.27. The number of benzene rings is 1. The molecule has 0 heterocycles. The molecule has 1 aromatic rings. The largest absolute Gasteiger partial charge is 0.465 e. The molecule has 8 heteroatoms. The van der Waals surface area contributed by atoms with E-state index in [1.54, 1.807) is 13.8 Å². The third-order valence-corrected chi connectivity index (χ3v) is 2.59. The number of nitro groups is 1. The summed E-state index contributed by atoms with van der Waals surface area (Å²) in [6, 6.07) is 1.69. The van der Waals surface area contributed by atoms with Crippen LogP contribution in [0.2, 0.25) is 0 Å². The third kappa shape index (κ3) is 4.16. The molecule has 0 radical (unpaired) electrons. The predicted molar refractivity (Wildman–Crippen MR) is 76.5 cm³/mol. The van der Waals surface area contributed by atoms with Gasteiger partial charge in [-0.15, -0.1) is 0 Å². The molecule has 0 saturated carbocycles. The fourth-order valence-electron chi connectivity index (χ4n) is 1.77. The molecule has 0 aliphatic rings. The lowest BCUT2D eigenvalue weighted by atomic mass is 10.1. The average Bonchev–Trinajstić information content (AvgIpc) is 2.36. The van der Waals surface area contributed by atoms with Gasteiger partial charge in [0.05, 0.1) is 23.3 Å². The molecule has 0 aromatic heterocycles. The van der Waals surface area contributed by atoms with Gasteiger partial charge in [-0.05, 0) is 26.3 Å². The fraction of sp³-hybridized carbons (Fsp3) is 0.385. The molecule has 0 fully saturated rings. The molecule has 21 heavy (non-hydrogen) atoms. The van der Waals surface area contributed by atoms with Gasteiger partial charge in [0.25, 0.3) is 5.69 Å². The van der Waals surface area contributed by atoms with Gasteiger partial charge in [-0.1, -0.05) is 0 Å². The van der Waals surface area contributed by atoms with Crippen LogP contribution in [0.25, 0.3) is 0 Å². The monoisotopic (exact) mass is 295 g/mol. The van der Waals surface area contributed by atoms with Crippen molar-refractivity contribution in [2.24, 2.45) is 0 Å². The van der Waals surface area contributed by atoms with Crippen LogP contribution in [0, 0.1) is 17.0 Å². The summed E-state index contributed by atoms with van der Waals surface area (Å²) in [7, 11) is 1.20. The number of non-ortho nitro benzene ring substituents is 1. The van der Waals surface area contributed by atoms with Gasteiger partial charge in [-0.3, -0.25) is 10.1 Å². The van der Waals surface area contributed by atoms with Crippen molar-refractivity contribution in [2.45, 2.75) is 26.8 Å². The van der Waals surface area contributed by atoms with E-state index in [-0.39, 0.29) is 23.0 Å². The van der Waals surface area contributed by atoms with Crippen molar-refractivity contribution in [1.82, 2.24) is 5.32 Å². The highest BCUT2D eigenvalue weighted by molar-refractivity contribution is 6.02. The van der Waals surface area contributed by atoms with E-state index in [1.165, 1.54) is 20.1 Å². The van der Waals surface area contributed by atoms with Crippen molar-refractivity contribution in [3.8, 4) is 0 Å². The van der Waals surface area contributed by atoms with Crippen molar-refractivity contribution >= 4 is 23.4 Å². The van der Waals surface area contributed by atoms with Gasteiger partial charge in [0.1, 0.15) is 0 Å². The van der Waals surface area contributed by atoms with Crippen molar-refractivity contribution < 1.29 is 19.2 Å². The summed E-state index contributed by atoms with van der Waals surface area (Å²) < 4.78 is 4.64. The van der Waals surface area contributed by atoms with Gasteiger partial charge in [0.15, 0.2) is 0 Å². The lowest BCUT2D eigenvalue weighted by Gasteiger charge is -2.14. The molecule has 0 aliphatic heterocycles. The summed E-state index contributed by atoms with van der Waals surface area (Å²) in [6.45, 7) is 5.06. The number of methoxy groups -OCH3 is 1. The third-order valence-electron chi connectivity index (χ3n) is 2.59. The standard InChI is InChI=1S/C13H17N3O5/c1-7(2)14-13(18)15-10-6-9(16(19)20)5-8(3)11(10)12(17)21-4/h5-7H,1-4H3,(H2,14,15,18). The number of carbonyl (C=O) groups excluding carboxylic acids is 2. The highest BCUT2D eigenvalue weighted by atomic mass is 16.6. The number of rotatable bonds is 4. The van der Waals surface area contributed by atoms with E-state index in [9.17, 15) is 19.7 Å². The van der Waals surface area contributed by atoms with E-state index in [2.05, 4.69) is 15.4 Å². The van der Waals surface area contributed by atoms with E-state index in [1.807, 2.05) is 0 Å². The summed E-state index contributed by atoms with van der Waals surface area (Å²) >= 11 is 0. The maximum absolute atomic E-state index is 11.8. The Morgan fingerprint density at radius 3 is 2.43 bits per heavy atom. The van der Waals surface area contributed by atoms with Crippen LogP contribution in [-0.2, 0) is 4.74 Å². The molecular weight excluding hydrogens is 278 g/mol. The summed E-state index contributed by atoms with van der Waals surface area (Å²) in [4.78, 5) is 33.8. The van der Waals surface area contributed by atoms with Crippen molar-refractivity contribution in [1.29, 1.82) is 0 Å². The number of esters is 1. The minimum Gasteiger partial charge on any atom is -0.465 e. The van der Waals surface area contributed by atoms with Crippen LogP contribution < -0.4 is 10.6 Å². The van der Waals surface area contributed by atoms with Crippen molar-refractivity contribution in [3.05, 3.63) is 33.4 Å². The van der Waals surface area contributed by atoms with Gasteiger partial charge in [-0.2, -0.15) is 0 Å². The molecule has 0 saturated heterocycles. The first kappa shape index (κ1) is 16.4. The van der Waals surface area contributed by atoms with Crippen LogP contribution in [0.4, 0.5) is 16.2 Å². The Hall–Kier alpha value is -2.64. The van der Waals surface area contributed by atoms with Crippen LogP contribution in [0.1, 0.15) is 29.8 Å². The number of anilines is 1. The summed E-state index contributed by atoms with van der Waals surface area (Å²) in [6.07, 6.45) is 0. The molecule has 0 spiro atoms. The Kier molecular flexibility index (Phi) is 5.23. The highest BCUT2D eigenvalue weighted by Gasteiger charge is 2.21. The second-order valence-corrected chi connectivity index (χ2v) is 4.69. The minimum atomic E-state index is -0.678. The average molecular weight is 295 g/mol. The zero-order chi connectivity index (χ0) is 16.2. The molecule has 0 atom stereocenters. The topological polar surface area (TPSA) is 111 Å². The minimum absolute atomic E-state index is 0.0340. The molecule has 114 valence electrons. The van der Waals surface area contributed by atoms with Gasteiger partial charge < -0.3 is 15.4 Å². The molecule has 0 aliphatic carbocycles. The quantitative estimate of drug-likeness (QED) is 0.502. The first-order valence-corrected chi connectivity index (χ1v) is 6.21. The molecule has 2 N–H and O–H groups in total. The van der Waals surface area contributed by atoms with Gasteiger partial charge >= 0.3 is 12.0 Å². The molecule has 1 rings (SSSR count). The van der Waals surface area contributed by atoms with Gasteiger partial charge in [-0.25, -0.2) is 9.59 Å². The first-order chi connectivity index (χ1) is 9.76. The van der Waals surface area contributed by atoms with Crippen LogP contribution >= 0.6 is 0 Å². The number of nitrogens with zero attached hydrogens (tertiary/aromatic N) is 1. The molecule has 0 unspecified atom stereocenters. The Labute approximate surface area is 121 Å². The summed E-state index contributed by atoms with van der Waals surface area (Å²) in [5, 5.41) is 15.9. The summed E-state index contributed by atoms with van der Waals surface area (Å²) in [5.74, 6) is -0.678. The van der Waals surface area contributed by atoms with E-state index in [4.69, 9.17) is 0 Å². The number of ether oxygens (including phenoxy) is 1. The smallest absolute Gasteiger partial charge is 0.340 e. The van der Waals surface area contributed by atoms with E-state index < -0.39 is 16.9 Å². The second-order valence-electron chi connectivity index (χ2n) is 4.69. The first-order valence-electron chi connectivity index (χ1n) is 6.21. The normalized spacial score (nSPS) is 10.1. The van der Waals surface area contributed by atoms with Crippen molar-refractivity contribution in [2.75, 3.05) is 12.4 Å². The SMILES string of the molecule is COC(=O)c1c(C)cc([N+](=O)[O-])cc1NC(=O)NC(C)C. The van der Waals surface area contributed by atoms with Crippen LogP contribution in [-0.4, -0.2) is 30.1 Å². The second kappa shape index (κ2) is 6.69. The maximum atomic E-state index is 11.8. The molecule has 1 aromatic carbocycles. The van der Waals surface area contributed by atoms with Gasteiger partial charge in [0, 0.05) is 18.2 Å². The molecule has 2 amide bonds. The predicted octanol–water partition coefficient (Wildman–Crippen LogP) is 2.22. The maximum Gasteiger partial charge on any atom is 0.340 e. The molecule has 8 nitrogen and oxygen atoms in total. The number of aryl methyl sites for hydroxylation is 1. The Morgan fingerprint density at radius 2 is 1.95 bits per heavy atom. The number of urea groups is 1. The number of carbonyl (C=O) groups is 2. The highest BCUT2D eigenvalue weighted by Crippen LogP contribution is 2.27. The lowest BCUT2D eigenvalue weighted by Crippen LogP contribution is -2.34. The number of hydrogen-bond acceptors (Lipinski definition) is 5. The van der Waals surface area contributed by atoms with Gasteiger partial charge in [0.2, 0.25) is 0 Å². The summed E-state index contributed by atoms with van der Waals surface area (Å²) in [5.41, 5.74) is 0.240. The lowest BCUT2D eigenvalue weighted by molar-refractivity contribution is -0.384. The van der Waals surface area contributed by atoms with E-state index in [0.29, 0.717) is 5.56 Å². The number of nitrogens with one attached hydrogen (secondary N) is 2. The fourth-order valence-corrected chi connectivity index (χ4v) is 1.77. The Morgan fingerprint density at radius 1 is 1.33 bits per heavy atom. The van der Waals surface area contributed by atoms with Crippen LogP contribution in [0.3, 0.4) is 0 Å². The van der Waals surface area contributed by atoms with Crippen LogP contribution in [0.15, 0.2) is 12.1 Å². The van der Waals surface area contributed by atoms with Crippen LogP contribution in [0.5, 0.6) is 0 Å². The van der Waals surface area contributed by atoms with Crippen molar-refractivity contribution in [3.63, 3.8) is 0 Å². The molecular formula is C13H17N3O5. The zero-order valence-electron chi connectivity index (χ0n) is 12.2. The number of nitro benzene ring substituents is 1. The number of amides is 2. The van der Waals surface area contributed by atoms with E-state index in [0.717, 1.165) is 6.07 Å². The number of hydrogen-bond donors (Lipinski definition) is 2. The molecule has 0 bridgehead atoms. The Bertz CT molecular complexity index is 583. The van der Waals surface area contributed by atoms with E-state index >= 15 is 0 Å². The zero-order valence-corrected chi connectivity index (χ0v) is 12.2.